The third-order valence-corrected chi connectivity index (χ3v) is 4.45. The second-order valence-corrected chi connectivity index (χ2v) is 6.16. The monoisotopic (exact) mass is 384 g/mol. The van der Waals surface area contributed by atoms with Crippen LogP contribution >= 0.6 is 0 Å². The summed E-state index contributed by atoms with van der Waals surface area (Å²) in [4.78, 5) is 2.08. The van der Waals surface area contributed by atoms with Crippen LogP contribution in [-0.2, 0) is 0 Å². The number of ether oxygens (including phenoxy) is 2. The summed E-state index contributed by atoms with van der Waals surface area (Å²) in [6, 6.07) is 9.65. The Morgan fingerprint density at radius 1 is 1.04 bits per heavy atom. The molecule has 0 bridgehead atoms. The average Bonchev–Trinajstić information content (AvgIpc) is 2.64. The first-order chi connectivity index (χ1) is 12.9. The van der Waals surface area contributed by atoms with Crippen molar-refractivity contribution in [2.75, 3.05) is 33.3 Å². The third kappa shape index (κ3) is 4.70. The van der Waals surface area contributed by atoms with Crippen molar-refractivity contribution in [1.29, 1.82) is 0 Å². The van der Waals surface area contributed by atoms with Crippen LogP contribution in [0.1, 0.15) is 17.2 Å². The summed E-state index contributed by atoms with van der Waals surface area (Å²) in [6.07, 6.45) is -4.76. The molecule has 0 amide bonds. The van der Waals surface area contributed by atoms with Crippen LogP contribution in [-0.4, -0.2) is 44.6 Å². The molecular formula is C19H20F4N2O2. The number of nitrogens with zero attached hydrogens (tertiary/aromatic N) is 1. The van der Waals surface area contributed by atoms with Gasteiger partial charge >= 0.3 is 6.36 Å². The standard InChI is InChI=1S/C19H20F4N2O2/c1-26-16-4-2-3-15(20)17(16)18(25-11-9-24-10-12-25)13-5-7-14(8-6-13)27-19(21,22)23/h2-8,18,24H,9-12H2,1H3/t18-/m1/s1. The van der Waals surface area contributed by atoms with Gasteiger partial charge in [-0.1, -0.05) is 18.2 Å². The Morgan fingerprint density at radius 3 is 2.30 bits per heavy atom. The van der Waals surface area contributed by atoms with E-state index in [1.54, 1.807) is 12.1 Å². The Hall–Kier alpha value is -2.32. The van der Waals surface area contributed by atoms with Gasteiger partial charge in [0.1, 0.15) is 17.3 Å². The van der Waals surface area contributed by atoms with Gasteiger partial charge in [0.05, 0.1) is 18.7 Å². The summed E-state index contributed by atoms with van der Waals surface area (Å²) < 4.78 is 61.2. The van der Waals surface area contributed by atoms with E-state index in [9.17, 15) is 17.6 Å². The SMILES string of the molecule is COc1cccc(F)c1[C@@H](c1ccc(OC(F)(F)F)cc1)N1CCNCC1. The maximum absolute atomic E-state index is 14.7. The highest BCUT2D eigenvalue weighted by Crippen LogP contribution is 2.37. The van der Waals surface area contributed by atoms with E-state index in [1.807, 2.05) is 0 Å². The minimum absolute atomic E-state index is 0.314. The number of hydrogen-bond acceptors (Lipinski definition) is 4. The van der Waals surface area contributed by atoms with Gasteiger partial charge < -0.3 is 14.8 Å². The highest BCUT2D eigenvalue weighted by Gasteiger charge is 2.32. The number of nitrogens with one attached hydrogen (secondary N) is 1. The largest absolute Gasteiger partial charge is 0.573 e. The van der Waals surface area contributed by atoms with E-state index < -0.39 is 18.2 Å². The highest BCUT2D eigenvalue weighted by molar-refractivity contribution is 5.44. The Morgan fingerprint density at radius 2 is 1.70 bits per heavy atom. The molecule has 1 heterocycles. The van der Waals surface area contributed by atoms with Crippen LogP contribution in [0, 0.1) is 5.82 Å². The van der Waals surface area contributed by atoms with Gasteiger partial charge in [0.2, 0.25) is 0 Å². The molecule has 1 N–H and O–H groups in total. The molecule has 0 spiro atoms. The predicted molar refractivity (Wildman–Crippen MR) is 92.4 cm³/mol. The zero-order valence-electron chi connectivity index (χ0n) is 14.7. The second-order valence-electron chi connectivity index (χ2n) is 6.16. The summed E-state index contributed by atoms with van der Waals surface area (Å²) in [5.41, 5.74) is 1.03. The maximum atomic E-state index is 14.7. The molecule has 0 aliphatic carbocycles. The first-order valence-corrected chi connectivity index (χ1v) is 8.52. The molecule has 4 nitrogen and oxygen atoms in total. The molecule has 1 aliphatic heterocycles. The Bertz CT molecular complexity index is 759. The molecule has 0 radical (unpaired) electrons. The topological polar surface area (TPSA) is 33.7 Å². The zero-order valence-corrected chi connectivity index (χ0v) is 14.7. The fourth-order valence-electron chi connectivity index (χ4n) is 3.31. The molecule has 8 heteroatoms. The fraction of sp³-hybridized carbons (Fsp3) is 0.368. The van der Waals surface area contributed by atoms with E-state index in [0.717, 1.165) is 13.1 Å². The maximum Gasteiger partial charge on any atom is 0.573 e. The minimum atomic E-state index is -4.76. The molecule has 27 heavy (non-hydrogen) atoms. The predicted octanol–water partition coefficient (Wildman–Crippen LogP) is 3.73. The van der Waals surface area contributed by atoms with E-state index in [0.29, 0.717) is 30.0 Å². The first kappa shape index (κ1) is 19.4. The molecule has 1 aliphatic rings. The van der Waals surface area contributed by atoms with Gasteiger partial charge in [-0.25, -0.2) is 4.39 Å². The molecule has 3 rings (SSSR count). The van der Waals surface area contributed by atoms with Crippen LogP contribution in [0.5, 0.6) is 11.5 Å². The Labute approximate surface area is 154 Å². The molecular weight excluding hydrogens is 364 g/mol. The second kappa shape index (κ2) is 8.14. The van der Waals surface area contributed by atoms with Crippen molar-refractivity contribution in [1.82, 2.24) is 10.2 Å². The number of alkyl halides is 3. The molecule has 146 valence electrons. The number of rotatable bonds is 5. The van der Waals surface area contributed by atoms with Gasteiger partial charge in [0.15, 0.2) is 0 Å². The van der Waals surface area contributed by atoms with Crippen molar-refractivity contribution >= 4 is 0 Å². The van der Waals surface area contributed by atoms with Gasteiger partial charge in [-0.2, -0.15) is 0 Å². The van der Waals surface area contributed by atoms with Crippen molar-refractivity contribution in [2.45, 2.75) is 12.4 Å². The van der Waals surface area contributed by atoms with Crippen molar-refractivity contribution < 1.29 is 27.0 Å². The summed E-state index contributed by atoms with van der Waals surface area (Å²) in [5.74, 6) is -0.339. The van der Waals surface area contributed by atoms with Crippen LogP contribution in [0.2, 0.25) is 0 Å². The average molecular weight is 384 g/mol. The zero-order chi connectivity index (χ0) is 19.4. The van der Waals surface area contributed by atoms with Crippen LogP contribution in [0.15, 0.2) is 42.5 Å². The molecule has 0 unspecified atom stereocenters. The van der Waals surface area contributed by atoms with Crippen molar-refractivity contribution in [3.05, 3.63) is 59.4 Å². The summed E-state index contributed by atoms with van der Waals surface area (Å²) in [7, 11) is 1.47. The molecule has 1 fully saturated rings. The van der Waals surface area contributed by atoms with Crippen LogP contribution in [0.4, 0.5) is 17.6 Å². The normalized spacial score (nSPS) is 16.8. The summed E-state index contributed by atoms with van der Waals surface area (Å²) in [6.45, 7) is 2.82. The van der Waals surface area contributed by atoms with Crippen molar-refractivity contribution in [3.8, 4) is 11.5 Å². The van der Waals surface area contributed by atoms with E-state index in [4.69, 9.17) is 4.74 Å². The molecule has 2 aromatic rings. The van der Waals surface area contributed by atoms with Gasteiger partial charge in [0, 0.05) is 26.2 Å². The smallest absolute Gasteiger partial charge is 0.496 e. The Kier molecular flexibility index (Phi) is 5.86. The van der Waals surface area contributed by atoms with Gasteiger partial charge in [-0.3, -0.25) is 4.90 Å². The Balaban J connectivity index is 2.01. The molecule has 1 atom stereocenters. The molecule has 2 aromatic carbocycles. The number of hydrogen-bond donors (Lipinski definition) is 1. The number of benzene rings is 2. The van der Waals surface area contributed by atoms with Gasteiger partial charge in [0.25, 0.3) is 0 Å². The number of piperazine rings is 1. The minimum Gasteiger partial charge on any atom is -0.496 e. The lowest BCUT2D eigenvalue weighted by molar-refractivity contribution is -0.274. The van der Waals surface area contributed by atoms with Crippen LogP contribution in [0.3, 0.4) is 0 Å². The van der Waals surface area contributed by atoms with Crippen LogP contribution in [0.25, 0.3) is 0 Å². The van der Waals surface area contributed by atoms with Crippen molar-refractivity contribution in [3.63, 3.8) is 0 Å². The first-order valence-electron chi connectivity index (χ1n) is 8.52. The summed E-state index contributed by atoms with van der Waals surface area (Å²) >= 11 is 0. The van der Waals surface area contributed by atoms with Crippen molar-refractivity contribution in [2.24, 2.45) is 0 Å². The highest BCUT2D eigenvalue weighted by atomic mass is 19.4. The lowest BCUT2D eigenvalue weighted by Crippen LogP contribution is -2.45. The lowest BCUT2D eigenvalue weighted by atomic mass is 9.95. The summed E-state index contributed by atoms with van der Waals surface area (Å²) in [5, 5.41) is 3.24. The quantitative estimate of drug-likeness (QED) is 0.797. The van der Waals surface area contributed by atoms with E-state index in [-0.39, 0.29) is 5.75 Å². The lowest BCUT2D eigenvalue weighted by Gasteiger charge is -2.36. The van der Waals surface area contributed by atoms with Crippen LogP contribution < -0.4 is 14.8 Å². The molecule has 0 aromatic heterocycles. The number of methoxy groups -OCH3 is 1. The van der Waals surface area contributed by atoms with E-state index in [2.05, 4.69) is 15.0 Å². The third-order valence-electron chi connectivity index (χ3n) is 4.45. The van der Waals surface area contributed by atoms with Gasteiger partial charge in [-0.05, 0) is 29.8 Å². The van der Waals surface area contributed by atoms with E-state index in [1.165, 1.54) is 37.4 Å². The van der Waals surface area contributed by atoms with E-state index >= 15 is 0 Å². The van der Waals surface area contributed by atoms with Gasteiger partial charge in [-0.15, -0.1) is 13.2 Å². The molecule has 0 saturated carbocycles. The number of halogens is 4. The molecule has 1 saturated heterocycles. The fourth-order valence-corrected chi connectivity index (χ4v) is 3.31.